The molecule has 6 heteroatoms. The Labute approximate surface area is 135 Å². The minimum atomic E-state index is -0.896. The van der Waals surface area contributed by atoms with E-state index in [-0.39, 0.29) is 5.56 Å². The molecule has 1 N–H and O–H groups in total. The number of benzene rings is 2. The van der Waals surface area contributed by atoms with Crippen molar-refractivity contribution in [2.45, 2.75) is 6.04 Å². The van der Waals surface area contributed by atoms with Crippen molar-refractivity contribution in [3.05, 3.63) is 62.6 Å². The summed E-state index contributed by atoms with van der Waals surface area (Å²) in [6.45, 7) is 0. The topological polar surface area (TPSA) is 21.3 Å². The van der Waals surface area contributed by atoms with Gasteiger partial charge in [-0.05, 0) is 41.2 Å². The van der Waals surface area contributed by atoms with Crippen LogP contribution >= 0.6 is 27.5 Å². The van der Waals surface area contributed by atoms with Gasteiger partial charge in [0.2, 0.25) is 0 Å². The van der Waals surface area contributed by atoms with E-state index in [2.05, 4.69) is 21.2 Å². The third kappa shape index (κ3) is 3.20. The average Bonchev–Trinajstić information content (AvgIpc) is 2.44. The highest BCUT2D eigenvalue weighted by atomic mass is 79.9. The lowest BCUT2D eigenvalue weighted by Crippen LogP contribution is -2.20. The van der Waals surface area contributed by atoms with Gasteiger partial charge in [-0.1, -0.05) is 23.7 Å². The van der Waals surface area contributed by atoms with E-state index in [0.717, 1.165) is 6.07 Å². The smallest absolute Gasteiger partial charge is 0.163 e. The summed E-state index contributed by atoms with van der Waals surface area (Å²) in [5, 5.41) is 3.43. The molecule has 0 saturated heterocycles. The number of nitrogens with one attached hydrogen (secondary N) is 1. The van der Waals surface area contributed by atoms with Gasteiger partial charge in [0, 0.05) is 16.1 Å². The molecule has 1 unspecified atom stereocenters. The van der Waals surface area contributed by atoms with Crippen LogP contribution in [0.5, 0.6) is 5.75 Å². The predicted octanol–water partition coefficient (Wildman–Crippen LogP) is 4.70. The first-order chi connectivity index (χ1) is 9.99. The standard InChI is InChI=1S/C15H13BrClF2NO/c1-20-14(9-4-3-5-12(18)13(9)19)10-6-8(17)7-11(16)15(10)21-2/h3-7,14,20H,1-2H3. The average molecular weight is 377 g/mol. The molecule has 2 aromatic rings. The van der Waals surface area contributed by atoms with Crippen LogP contribution in [-0.2, 0) is 0 Å². The number of rotatable bonds is 4. The van der Waals surface area contributed by atoms with Gasteiger partial charge in [-0.3, -0.25) is 0 Å². The Balaban J connectivity index is 2.64. The molecule has 0 fully saturated rings. The molecule has 1 atom stereocenters. The molecule has 0 saturated carbocycles. The van der Waals surface area contributed by atoms with Crippen molar-refractivity contribution in [1.82, 2.24) is 5.32 Å². The SMILES string of the molecule is CNC(c1cccc(F)c1F)c1cc(Cl)cc(Br)c1OC. The lowest BCUT2D eigenvalue weighted by Gasteiger charge is -2.21. The Kier molecular flexibility index (Phi) is 5.19. The first kappa shape index (κ1) is 16.2. The number of hydrogen-bond donors (Lipinski definition) is 1. The maximum absolute atomic E-state index is 14.1. The van der Waals surface area contributed by atoms with Crippen molar-refractivity contribution < 1.29 is 13.5 Å². The van der Waals surface area contributed by atoms with Crippen LogP contribution < -0.4 is 10.1 Å². The van der Waals surface area contributed by atoms with Crippen molar-refractivity contribution in [3.63, 3.8) is 0 Å². The third-order valence-corrected chi connectivity index (χ3v) is 3.94. The molecule has 2 nitrogen and oxygen atoms in total. The molecule has 0 spiro atoms. The zero-order chi connectivity index (χ0) is 15.6. The van der Waals surface area contributed by atoms with Crippen LogP contribution in [0.1, 0.15) is 17.2 Å². The van der Waals surface area contributed by atoms with Gasteiger partial charge < -0.3 is 10.1 Å². The molecular weight excluding hydrogens is 364 g/mol. The van der Waals surface area contributed by atoms with E-state index < -0.39 is 17.7 Å². The van der Waals surface area contributed by atoms with E-state index in [0.29, 0.717) is 20.8 Å². The molecule has 2 aromatic carbocycles. The molecule has 0 bridgehead atoms. The van der Waals surface area contributed by atoms with Crippen LogP contribution in [0.15, 0.2) is 34.8 Å². The third-order valence-electron chi connectivity index (χ3n) is 3.13. The van der Waals surface area contributed by atoms with Gasteiger partial charge in [-0.2, -0.15) is 0 Å². The highest BCUT2D eigenvalue weighted by molar-refractivity contribution is 9.10. The Morgan fingerprint density at radius 3 is 2.57 bits per heavy atom. The van der Waals surface area contributed by atoms with Crippen LogP contribution in [0.25, 0.3) is 0 Å². The van der Waals surface area contributed by atoms with Gasteiger partial charge in [0.05, 0.1) is 17.6 Å². The summed E-state index contributed by atoms with van der Waals surface area (Å²) in [7, 11) is 3.16. The largest absolute Gasteiger partial charge is 0.495 e. The molecule has 112 valence electrons. The summed E-state index contributed by atoms with van der Waals surface area (Å²) in [6, 6.07) is 6.81. The van der Waals surface area contributed by atoms with Crippen LogP contribution in [0.2, 0.25) is 5.02 Å². The molecule has 0 radical (unpaired) electrons. The second kappa shape index (κ2) is 6.73. The molecule has 2 rings (SSSR count). The molecule has 0 amide bonds. The van der Waals surface area contributed by atoms with Gasteiger partial charge in [-0.25, -0.2) is 8.78 Å². The second-order valence-corrected chi connectivity index (χ2v) is 5.67. The number of halogens is 4. The summed E-state index contributed by atoms with van der Waals surface area (Å²) < 4.78 is 33.5. The first-order valence-corrected chi connectivity index (χ1v) is 7.30. The normalized spacial score (nSPS) is 12.3. The Hall–Kier alpha value is -1.17. The van der Waals surface area contributed by atoms with Gasteiger partial charge in [0.1, 0.15) is 5.75 Å². The van der Waals surface area contributed by atoms with Crippen LogP contribution in [0, 0.1) is 11.6 Å². The van der Waals surface area contributed by atoms with Crippen molar-refractivity contribution in [1.29, 1.82) is 0 Å². The van der Waals surface area contributed by atoms with E-state index in [1.54, 1.807) is 19.2 Å². The molecule has 0 aromatic heterocycles. The molecule has 0 aliphatic rings. The number of hydrogen-bond acceptors (Lipinski definition) is 2. The number of methoxy groups -OCH3 is 1. The fraction of sp³-hybridized carbons (Fsp3) is 0.200. The second-order valence-electron chi connectivity index (χ2n) is 4.37. The van der Waals surface area contributed by atoms with E-state index in [4.69, 9.17) is 16.3 Å². The molecular formula is C15H13BrClF2NO. The first-order valence-electron chi connectivity index (χ1n) is 6.13. The Bertz CT molecular complexity index is 666. The highest BCUT2D eigenvalue weighted by Crippen LogP contribution is 2.38. The Morgan fingerprint density at radius 1 is 1.24 bits per heavy atom. The maximum atomic E-state index is 14.1. The van der Waals surface area contributed by atoms with Crippen molar-refractivity contribution in [2.24, 2.45) is 0 Å². The monoisotopic (exact) mass is 375 g/mol. The summed E-state index contributed by atoms with van der Waals surface area (Å²) in [5.74, 6) is -1.27. The lowest BCUT2D eigenvalue weighted by atomic mass is 9.97. The molecule has 21 heavy (non-hydrogen) atoms. The fourth-order valence-electron chi connectivity index (χ4n) is 2.23. The summed E-state index contributed by atoms with van der Waals surface area (Å²) >= 11 is 9.41. The zero-order valence-electron chi connectivity index (χ0n) is 11.4. The van der Waals surface area contributed by atoms with E-state index in [1.165, 1.54) is 19.2 Å². The van der Waals surface area contributed by atoms with Gasteiger partial charge in [-0.15, -0.1) is 0 Å². The molecule has 0 aliphatic heterocycles. The molecule has 0 aliphatic carbocycles. The van der Waals surface area contributed by atoms with Gasteiger partial charge in [0.15, 0.2) is 11.6 Å². The van der Waals surface area contributed by atoms with Crippen LogP contribution in [-0.4, -0.2) is 14.2 Å². The predicted molar refractivity (Wildman–Crippen MR) is 83.0 cm³/mol. The van der Waals surface area contributed by atoms with E-state index in [1.807, 2.05) is 0 Å². The van der Waals surface area contributed by atoms with Crippen LogP contribution in [0.4, 0.5) is 8.78 Å². The van der Waals surface area contributed by atoms with Gasteiger partial charge in [0.25, 0.3) is 0 Å². The summed E-state index contributed by atoms with van der Waals surface area (Å²) in [4.78, 5) is 0. The lowest BCUT2D eigenvalue weighted by molar-refractivity contribution is 0.401. The summed E-state index contributed by atoms with van der Waals surface area (Å²) in [5.41, 5.74) is 0.800. The van der Waals surface area contributed by atoms with Crippen LogP contribution in [0.3, 0.4) is 0 Å². The Morgan fingerprint density at radius 2 is 1.95 bits per heavy atom. The minimum absolute atomic E-state index is 0.185. The van der Waals surface area contributed by atoms with Crippen molar-refractivity contribution >= 4 is 27.5 Å². The number of ether oxygens (including phenoxy) is 1. The molecule has 0 heterocycles. The quantitative estimate of drug-likeness (QED) is 0.835. The highest BCUT2D eigenvalue weighted by Gasteiger charge is 2.23. The maximum Gasteiger partial charge on any atom is 0.163 e. The van der Waals surface area contributed by atoms with E-state index >= 15 is 0 Å². The minimum Gasteiger partial charge on any atom is -0.495 e. The van der Waals surface area contributed by atoms with Crippen molar-refractivity contribution in [3.8, 4) is 5.75 Å². The zero-order valence-corrected chi connectivity index (χ0v) is 13.7. The van der Waals surface area contributed by atoms with Crippen molar-refractivity contribution in [2.75, 3.05) is 14.2 Å². The van der Waals surface area contributed by atoms with Gasteiger partial charge >= 0.3 is 0 Å². The summed E-state index contributed by atoms with van der Waals surface area (Å²) in [6.07, 6.45) is 0. The van der Waals surface area contributed by atoms with E-state index in [9.17, 15) is 8.78 Å². The fourth-order valence-corrected chi connectivity index (χ4v) is 3.23.